The first-order valence-corrected chi connectivity index (χ1v) is 9.98. The molecule has 2 aromatic carbocycles. The third-order valence-corrected chi connectivity index (χ3v) is 6.29. The van der Waals surface area contributed by atoms with Gasteiger partial charge in [0.1, 0.15) is 11.3 Å². The molecule has 3 aromatic rings. The molecule has 0 aliphatic carbocycles. The average Bonchev–Trinajstić information content (AvgIpc) is 2.97. The number of anilines is 1. The summed E-state index contributed by atoms with van der Waals surface area (Å²) in [7, 11) is 0. The Labute approximate surface area is 171 Å². The van der Waals surface area contributed by atoms with E-state index in [2.05, 4.69) is 53.7 Å². The third-order valence-electron chi connectivity index (χ3n) is 4.56. The van der Waals surface area contributed by atoms with Gasteiger partial charge in [0.15, 0.2) is 5.78 Å². The highest BCUT2D eigenvalue weighted by molar-refractivity contribution is 9.11. The van der Waals surface area contributed by atoms with Gasteiger partial charge in [0.2, 0.25) is 5.95 Å². The minimum absolute atomic E-state index is 0.114. The standard InChI is InChI=1S/C18H13Br2ClFN3O/c1-8-4-5-23-18-24-16-13(25(8)18)7-11(19)14(15(16)20)17(26)10-6-9(22)2-3-12(10)21/h2-3,6-8H,4-5H2,1H3,(H,23,24)/t8-/m1/s1. The fourth-order valence-electron chi connectivity index (χ4n) is 3.27. The maximum absolute atomic E-state index is 13.6. The number of benzene rings is 2. The minimum Gasteiger partial charge on any atom is -0.356 e. The van der Waals surface area contributed by atoms with Crippen molar-refractivity contribution >= 4 is 66.2 Å². The van der Waals surface area contributed by atoms with Crippen LogP contribution < -0.4 is 5.32 Å². The molecule has 134 valence electrons. The average molecular weight is 502 g/mol. The van der Waals surface area contributed by atoms with Crippen molar-refractivity contribution in [3.8, 4) is 0 Å². The number of rotatable bonds is 2. The molecule has 4 rings (SSSR count). The van der Waals surface area contributed by atoms with Crippen LogP contribution >= 0.6 is 43.5 Å². The first-order chi connectivity index (χ1) is 12.4. The second kappa shape index (κ2) is 6.62. The fraction of sp³-hybridized carbons (Fsp3) is 0.222. The van der Waals surface area contributed by atoms with Gasteiger partial charge < -0.3 is 9.88 Å². The Kier molecular flexibility index (Phi) is 4.57. The van der Waals surface area contributed by atoms with Crippen LogP contribution in [0.15, 0.2) is 33.2 Å². The summed E-state index contributed by atoms with van der Waals surface area (Å²) in [6.07, 6.45) is 0.993. The normalized spacial score (nSPS) is 16.4. The van der Waals surface area contributed by atoms with E-state index in [0.29, 0.717) is 26.1 Å². The molecule has 0 amide bonds. The molecule has 0 saturated carbocycles. The first-order valence-electron chi connectivity index (χ1n) is 8.02. The van der Waals surface area contributed by atoms with Gasteiger partial charge in [0.25, 0.3) is 0 Å². The zero-order chi connectivity index (χ0) is 18.6. The van der Waals surface area contributed by atoms with Gasteiger partial charge in [-0.1, -0.05) is 11.6 Å². The van der Waals surface area contributed by atoms with E-state index in [1.54, 1.807) is 0 Å². The van der Waals surface area contributed by atoms with Crippen LogP contribution in [0.5, 0.6) is 0 Å². The Hall–Kier alpha value is -1.44. The smallest absolute Gasteiger partial charge is 0.204 e. The van der Waals surface area contributed by atoms with Crippen LogP contribution in [-0.4, -0.2) is 21.9 Å². The molecule has 1 N–H and O–H groups in total. The van der Waals surface area contributed by atoms with Crippen LogP contribution in [0.2, 0.25) is 5.02 Å². The minimum atomic E-state index is -0.512. The maximum atomic E-state index is 13.6. The monoisotopic (exact) mass is 499 g/mol. The molecule has 0 fully saturated rings. The summed E-state index contributed by atoms with van der Waals surface area (Å²) < 4.78 is 16.9. The highest BCUT2D eigenvalue weighted by Crippen LogP contribution is 2.39. The second-order valence-corrected chi connectivity index (χ2v) is 8.29. The number of halogens is 4. The number of carbonyl (C=O) groups is 1. The Morgan fingerprint density at radius 3 is 2.92 bits per heavy atom. The topological polar surface area (TPSA) is 46.9 Å². The molecule has 4 nitrogen and oxygen atoms in total. The quantitative estimate of drug-likeness (QED) is 0.441. The summed E-state index contributed by atoms with van der Waals surface area (Å²) >= 11 is 13.1. The van der Waals surface area contributed by atoms with Gasteiger partial charge in [0, 0.05) is 22.6 Å². The van der Waals surface area contributed by atoms with Gasteiger partial charge in [-0.3, -0.25) is 4.79 Å². The molecule has 1 aliphatic rings. The van der Waals surface area contributed by atoms with Crippen LogP contribution in [0.3, 0.4) is 0 Å². The van der Waals surface area contributed by atoms with E-state index in [4.69, 9.17) is 11.6 Å². The van der Waals surface area contributed by atoms with Crippen molar-refractivity contribution in [3.05, 3.63) is 55.2 Å². The molecular formula is C18H13Br2ClFN3O. The molecule has 8 heteroatoms. The van der Waals surface area contributed by atoms with Gasteiger partial charge in [-0.2, -0.15) is 0 Å². The Morgan fingerprint density at radius 2 is 2.15 bits per heavy atom. The summed E-state index contributed by atoms with van der Waals surface area (Å²) in [5.74, 6) is -0.108. The zero-order valence-electron chi connectivity index (χ0n) is 13.6. The molecule has 0 spiro atoms. The number of nitrogens with one attached hydrogen (secondary N) is 1. The lowest BCUT2D eigenvalue weighted by atomic mass is 10.0. The van der Waals surface area contributed by atoms with E-state index < -0.39 is 5.82 Å². The summed E-state index contributed by atoms with van der Waals surface area (Å²) in [6, 6.07) is 5.93. The molecule has 26 heavy (non-hydrogen) atoms. The summed E-state index contributed by atoms with van der Waals surface area (Å²) in [5.41, 5.74) is 2.08. The molecule has 1 atom stereocenters. The van der Waals surface area contributed by atoms with Crippen molar-refractivity contribution in [2.24, 2.45) is 0 Å². The van der Waals surface area contributed by atoms with E-state index in [1.807, 2.05) is 6.07 Å². The lowest BCUT2D eigenvalue weighted by Gasteiger charge is -2.23. The second-order valence-electron chi connectivity index (χ2n) is 6.24. The number of ketones is 1. The van der Waals surface area contributed by atoms with E-state index in [-0.39, 0.29) is 16.4 Å². The zero-order valence-corrected chi connectivity index (χ0v) is 17.5. The highest BCUT2D eigenvalue weighted by atomic mass is 79.9. The number of aromatic nitrogens is 2. The van der Waals surface area contributed by atoms with E-state index >= 15 is 0 Å². The fourth-order valence-corrected chi connectivity index (χ4v) is 5.02. The SMILES string of the molecule is C[C@@H]1CCNc2nc3c(Br)c(C(=O)c4cc(F)ccc4Cl)c(Br)cc3n21. The van der Waals surface area contributed by atoms with Crippen LogP contribution in [-0.2, 0) is 0 Å². The summed E-state index contributed by atoms with van der Waals surface area (Å²) in [5, 5.41) is 3.49. The summed E-state index contributed by atoms with van der Waals surface area (Å²) in [4.78, 5) is 17.7. The lowest BCUT2D eigenvalue weighted by Crippen LogP contribution is -2.20. The van der Waals surface area contributed by atoms with Crippen molar-refractivity contribution in [1.29, 1.82) is 0 Å². The van der Waals surface area contributed by atoms with Crippen LogP contribution in [0.1, 0.15) is 35.3 Å². The van der Waals surface area contributed by atoms with Gasteiger partial charge in [0.05, 0.1) is 20.6 Å². The van der Waals surface area contributed by atoms with Crippen LogP contribution in [0.4, 0.5) is 10.3 Å². The molecular weight excluding hydrogens is 488 g/mol. The summed E-state index contributed by atoms with van der Waals surface area (Å²) in [6.45, 7) is 2.99. The molecule has 0 unspecified atom stereocenters. The largest absolute Gasteiger partial charge is 0.356 e. The molecule has 1 aromatic heterocycles. The van der Waals surface area contributed by atoms with Crippen molar-refractivity contribution in [3.63, 3.8) is 0 Å². The number of hydrogen-bond donors (Lipinski definition) is 1. The third kappa shape index (κ3) is 2.77. The first kappa shape index (κ1) is 17.9. The maximum Gasteiger partial charge on any atom is 0.204 e. The predicted octanol–water partition coefficient (Wildman–Crippen LogP) is 5.96. The van der Waals surface area contributed by atoms with Gasteiger partial charge >= 0.3 is 0 Å². The Morgan fingerprint density at radius 1 is 1.38 bits per heavy atom. The molecule has 1 aliphatic heterocycles. The van der Waals surface area contributed by atoms with Crippen molar-refractivity contribution in [2.75, 3.05) is 11.9 Å². The van der Waals surface area contributed by atoms with Crippen molar-refractivity contribution < 1.29 is 9.18 Å². The van der Waals surface area contributed by atoms with Gasteiger partial charge in [-0.15, -0.1) is 0 Å². The molecule has 0 saturated heterocycles. The van der Waals surface area contributed by atoms with Gasteiger partial charge in [-0.25, -0.2) is 9.37 Å². The van der Waals surface area contributed by atoms with E-state index in [0.717, 1.165) is 30.5 Å². The lowest BCUT2D eigenvalue weighted by molar-refractivity contribution is 0.103. The predicted molar refractivity (Wildman–Crippen MR) is 108 cm³/mol. The van der Waals surface area contributed by atoms with E-state index in [1.165, 1.54) is 12.1 Å². The molecule has 0 bridgehead atoms. The molecule has 0 radical (unpaired) electrons. The number of carbonyl (C=O) groups excluding carboxylic acids is 1. The number of imidazole rings is 1. The number of fused-ring (bicyclic) bond motifs is 3. The van der Waals surface area contributed by atoms with Crippen LogP contribution in [0.25, 0.3) is 11.0 Å². The van der Waals surface area contributed by atoms with Crippen molar-refractivity contribution in [1.82, 2.24) is 9.55 Å². The number of hydrogen-bond acceptors (Lipinski definition) is 3. The molecule has 2 heterocycles. The van der Waals surface area contributed by atoms with Crippen LogP contribution in [0, 0.1) is 5.82 Å². The Balaban J connectivity index is 1.94. The number of nitrogens with zero attached hydrogens (tertiary/aromatic N) is 2. The highest BCUT2D eigenvalue weighted by Gasteiger charge is 2.26. The van der Waals surface area contributed by atoms with Gasteiger partial charge in [-0.05, 0) is 69.5 Å². The van der Waals surface area contributed by atoms with Crippen molar-refractivity contribution in [2.45, 2.75) is 19.4 Å². The Bertz CT molecular complexity index is 1070. The van der Waals surface area contributed by atoms with E-state index in [9.17, 15) is 9.18 Å².